The van der Waals surface area contributed by atoms with E-state index in [0.717, 1.165) is 37.7 Å². The lowest BCUT2D eigenvalue weighted by atomic mass is 10.2. The molecule has 24 heavy (non-hydrogen) atoms. The second-order valence-electron chi connectivity index (χ2n) is 6.22. The number of thiocarbonyl (C=S) groups is 1. The SMILES string of the molecule is CN(C)CCCNC(=S)N(Cc1ccccc1)Cc1ccccc1. The molecule has 0 radical (unpaired) electrons. The van der Waals surface area contributed by atoms with Gasteiger partial charge in [0.25, 0.3) is 0 Å². The van der Waals surface area contributed by atoms with Crippen LogP contribution >= 0.6 is 12.2 Å². The van der Waals surface area contributed by atoms with Crippen molar-refractivity contribution in [2.75, 3.05) is 27.2 Å². The summed E-state index contributed by atoms with van der Waals surface area (Å²) < 4.78 is 0. The third-order valence-electron chi connectivity index (χ3n) is 3.78. The van der Waals surface area contributed by atoms with Crippen LogP contribution in [0.4, 0.5) is 0 Å². The normalized spacial score (nSPS) is 10.6. The van der Waals surface area contributed by atoms with Gasteiger partial charge in [-0.3, -0.25) is 0 Å². The van der Waals surface area contributed by atoms with Crippen LogP contribution in [0.3, 0.4) is 0 Å². The summed E-state index contributed by atoms with van der Waals surface area (Å²) in [5.74, 6) is 0. The van der Waals surface area contributed by atoms with E-state index in [1.54, 1.807) is 0 Å². The molecular formula is C20H27N3S. The first-order valence-corrected chi connectivity index (χ1v) is 8.81. The maximum absolute atomic E-state index is 5.65. The third-order valence-corrected chi connectivity index (χ3v) is 4.18. The summed E-state index contributed by atoms with van der Waals surface area (Å²) in [5.41, 5.74) is 2.54. The Bertz CT molecular complexity index is 557. The van der Waals surface area contributed by atoms with E-state index >= 15 is 0 Å². The van der Waals surface area contributed by atoms with Crippen molar-refractivity contribution in [1.82, 2.24) is 15.1 Å². The van der Waals surface area contributed by atoms with Crippen molar-refractivity contribution >= 4 is 17.3 Å². The largest absolute Gasteiger partial charge is 0.363 e. The molecule has 2 aromatic rings. The molecule has 0 aliphatic heterocycles. The van der Waals surface area contributed by atoms with E-state index in [4.69, 9.17) is 12.2 Å². The molecular weight excluding hydrogens is 314 g/mol. The molecule has 4 heteroatoms. The fraction of sp³-hybridized carbons (Fsp3) is 0.350. The Labute approximate surface area is 151 Å². The van der Waals surface area contributed by atoms with Crippen molar-refractivity contribution in [2.24, 2.45) is 0 Å². The van der Waals surface area contributed by atoms with Crippen LogP contribution in [-0.2, 0) is 13.1 Å². The molecule has 0 bridgehead atoms. The zero-order valence-electron chi connectivity index (χ0n) is 14.6. The van der Waals surface area contributed by atoms with Gasteiger partial charge in [-0.25, -0.2) is 0 Å². The molecule has 0 saturated carbocycles. The van der Waals surface area contributed by atoms with Crippen molar-refractivity contribution in [3.05, 3.63) is 71.8 Å². The minimum absolute atomic E-state index is 0.815. The highest BCUT2D eigenvalue weighted by Crippen LogP contribution is 2.10. The number of rotatable bonds is 8. The highest BCUT2D eigenvalue weighted by Gasteiger charge is 2.11. The Balaban J connectivity index is 1.97. The second kappa shape index (κ2) is 10.1. The van der Waals surface area contributed by atoms with E-state index < -0.39 is 0 Å². The molecule has 0 amide bonds. The van der Waals surface area contributed by atoms with Crippen LogP contribution in [0.2, 0.25) is 0 Å². The summed E-state index contributed by atoms with van der Waals surface area (Å²) >= 11 is 5.65. The number of benzene rings is 2. The molecule has 0 atom stereocenters. The van der Waals surface area contributed by atoms with Gasteiger partial charge >= 0.3 is 0 Å². The van der Waals surface area contributed by atoms with E-state index in [-0.39, 0.29) is 0 Å². The van der Waals surface area contributed by atoms with E-state index in [1.807, 2.05) is 12.1 Å². The molecule has 0 unspecified atom stereocenters. The molecule has 128 valence electrons. The van der Waals surface area contributed by atoms with Gasteiger partial charge in [0.1, 0.15) is 0 Å². The van der Waals surface area contributed by atoms with E-state index in [0.29, 0.717) is 0 Å². The monoisotopic (exact) mass is 341 g/mol. The lowest BCUT2D eigenvalue weighted by Gasteiger charge is -2.26. The lowest BCUT2D eigenvalue weighted by Crippen LogP contribution is -2.39. The zero-order valence-corrected chi connectivity index (χ0v) is 15.4. The summed E-state index contributed by atoms with van der Waals surface area (Å²) in [6.07, 6.45) is 1.08. The molecule has 0 saturated heterocycles. The predicted molar refractivity (Wildman–Crippen MR) is 106 cm³/mol. The Kier molecular flexibility index (Phi) is 7.72. The van der Waals surface area contributed by atoms with Crippen LogP contribution in [0.15, 0.2) is 60.7 Å². The number of nitrogens with zero attached hydrogens (tertiary/aromatic N) is 2. The van der Waals surface area contributed by atoms with Crippen LogP contribution in [0.1, 0.15) is 17.5 Å². The average Bonchev–Trinajstić information content (AvgIpc) is 2.59. The van der Waals surface area contributed by atoms with Crippen molar-refractivity contribution in [3.63, 3.8) is 0 Å². The summed E-state index contributed by atoms with van der Waals surface area (Å²) in [7, 11) is 4.19. The molecule has 0 spiro atoms. The van der Waals surface area contributed by atoms with Crippen molar-refractivity contribution < 1.29 is 0 Å². The fourth-order valence-corrected chi connectivity index (χ4v) is 2.74. The Hall–Kier alpha value is -1.91. The lowest BCUT2D eigenvalue weighted by molar-refractivity contribution is 0.384. The summed E-state index contributed by atoms with van der Waals surface area (Å²) in [6, 6.07) is 21.0. The topological polar surface area (TPSA) is 18.5 Å². The van der Waals surface area contributed by atoms with Crippen molar-refractivity contribution in [2.45, 2.75) is 19.5 Å². The average molecular weight is 342 g/mol. The molecule has 2 rings (SSSR count). The molecule has 0 fully saturated rings. The number of hydrogen-bond acceptors (Lipinski definition) is 2. The van der Waals surface area contributed by atoms with Gasteiger partial charge in [0.2, 0.25) is 0 Å². The third kappa shape index (κ3) is 6.69. The molecule has 0 aromatic heterocycles. The predicted octanol–water partition coefficient (Wildman–Crippen LogP) is 3.52. The quantitative estimate of drug-likeness (QED) is 0.585. The van der Waals surface area contributed by atoms with Gasteiger partial charge in [0, 0.05) is 19.6 Å². The fourth-order valence-electron chi connectivity index (χ4n) is 2.51. The van der Waals surface area contributed by atoms with Gasteiger partial charge in [-0.15, -0.1) is 0 Å². The summed E-state index contributed by atoms with van der Waals surface area (Å²) in [4.78, 5) is 4.42. The van der Waals surface area contributed by atoms with Gasteiger partial charge < -0.3 is 15.1 Å². The maximum atomic E-state index is 5.65. The van der Waals surface area contributed by atoms with Gasteiger partial charge in [0.15, 0.2) is 5.11 Å². The Morgan fingerprint density at radius 1 is 0.875 bits per heavy atom. The first-order chi connectivity index (χ1) is 11.6. The number of hydrogen-bond donors (Lipinski definition) is 1. The molecule has 2 aromatic carbocycles. The number of nitrogens with one attached hydrogen (secondary N) is 1. The minimum Gasteiger partial charge on any atom is -0.363 e. The van der Waals surface area contributed by atoms with E-state index in [9.17, 15) is 0 Å². The van der Waals surface area contributed by atoms with Crippen LogP contribution in [-0.4, -0.2) is 42.1 Å². The van der Waals surface area contributed by atoms with Crippen LogP contribution in [0, 0.1) is 0 Å². The standard InChI is InChI=1S/C20H27N3S/c1-22(2)15-9-14-21-20(24)23(16-18-10-5-3-6-11-18)17-19-12-7-4-8-13-19/h3-8,10-13H,9,14-17H2,1-2H3,(H,21,24). The van der Waals surface area contributed by atoms with E-state index in [1.165, 1.54) is 11.1 Å². The van der Waals surface area contributed by atoms with Gasteiger partial charge in [-0.05, 0) is 50.4 Å². The van der Waals surface area contributed by atoms with Crippen LogP contribution in [0.5, 0.6) is 0 Å². The van der Waals surface area contributed by atoms with Gasteiger partial charge in [0.05, 0.1) is 0 Å². The molecule has 0 aliphatic rings. The molecule has 3 nitrogen and oxygen atoms in total. The first-order valence-electron chi connectivity index (χ1n) is 8.40. The van der Waals surface area contributed by atoms with Crippen LogP contribution < -0.4 is 5.32 Å². The minimum atomic E-state index is 0.815. The molecule has 0 heterocycles. The van der Waals surface area contributed by atoms with Gasteiger partial charge in [-0.1, -0.05) is 60.7 Å². The van der Waals surface area contributed by atoms with Crippen molar-refractivity contribution in [3.8, 4) is 0 Å². The highest BCUT2D eigenvalue weighted by atomic mass is 32.1. The van der Waals surface area contributed by atoms with Crippen molar-refractivity contribution in [1.29, 1.82) is 0 Å². The Morgan fingerprint density at radius 3 is 1.83 bits per heavy atom. The van der Waals surface area contributed by atoms with Gasteiger partial charge in [-0.2, -0.15) is 0 Å². The smallest absolute Gasteiger partial charge is 0.169 e. The summed E-state index contributed by atoms with van der Waals surface area (Å²) in [6.45, 7) is 3.59. The van der Waals surface area contributed by atoms with Crippen LogP contribution in [0.25, 0.3) is 0 Å². The second-order valence-corrected chi connectivity index (χ2v) is 6.60. The summed E-state index contributed by atoms with van der Waals surface area (Å²) in [5, 5.41) is 4.23. The highest BCUT2D eigenvalue weighted by molar-refractivity contribution is 7.80. The zero-order chi connectivity index (χ0) is 17.2. The van der Waals surface area contributed by atoms with E-state index in [2.05, 4.69) is 77.7 Å². The Morgan fingerprint density at radius 2 is 1.38 bits per heavy atom. The maximum Gasteiger partial charge on any atom is 0.169 e. The molecule has 0 aliphatic carbocycles. The first kappa shape index (κ1) is 18.4. The molecule has 1 N–H and O–H groups in total.